The van der Waals surface area contributed by atoms with Crippen molar-refractivity contribution >= 4 is 44.7 Å². The van der Waals surface area contributed by atoms with Crippen LogP contribution in [0.4, 0.5) is 5.69 Å². The number of amides is 1. The lowest BCUT2D eigenvalue weighted by atomic mass is 10.1. The van der Waals surface area contributed by atoms with Crippen molar-refractivity contribution < 1.29 is 9.53 Å². The smallest absolute Gasteiger partial charge is 0.255 e. The lowest BCUT2D eigenvalue weighted by Crippen LogP contribution is -2.12. The van der Waals surface area contributed by atoms with Crippen molar-refractivity contribution in [2.45, 2.75) is 0 Å². The number of halogens is 1. The van der Waals surface area contributed by atoms with Crippen LogP contribution in [-0.4, -0.2) is 18.0 Å². The number of para-hydroxylation sites is 1. The molecule has 0 spiro atoms. The SMILES string of the molecule is COc1ccc(C(=O)Nc2ccc(-c3nc4ccccc4s3)cc2Cl)cc1. The second kappa shape index (κ2) is 7.39. The molecule has 0 fully saturated rings. The van der Waals surface area contributed by atoms with Gasteiger partial charge in [0.05, 0.1) is 28.0 Å². The van der Waals surface area contributed by atoms with Crippen LogP contribution in [0, 0.1) is 0 Å². The monoisotopic (exact) mass is 394 g/mol. The van der Waals surface area contributed by atoms with Gasteiger partial charge in [0.1, 0.15) is 10.8 Å². The van der Waals surface area contributed by atoms with E-state index < -0.39 is 0 Å². The van der Waals surface area contributed by atoms with Gasteiger partial charge in [-0.25, -0.2) is 4.98 Å². The molecule has 4 nitrogen and oxygen atoms in total. The lowest BCUT2D eigenvalue weighted by Gasteiger charge is -2.09. The second-order valence-electron chi connectivity index (χ2n) is 5.86. The van der Waals surface area contributed by atoms with Crippen molar-refractivity contribution in [3.8, 4) is 16.3 Å². The first kappa shape index (κ1) is 17.5. The Bertz CT molecular complexity index is 1090. The fraction of sp³-hybridized carbons (Fsp3) is 0.0476. The van der Waals surface area contributed by atoms with E-state index in [0.717, 1.165) is 20.8 Å². The average molecular weight is 395 g/mol. The number of fused-ring (bicyclic) bond motifs is 1. The predicted octanol–water partition coefficient (Wildman–Crippen LogP) is 5.88. The molecule has 4 rings (SSSR count). The van der Waals surface area contributed by atoms with Crippen molar-refractivity contribution in [2.75, 3.05) is 12.4 Å². The molecule has 0 radical (unpaired) electrons. The molecule has 0 aliphatic carbocycles. The quantitative estimate of drug-likeness (QED) is 0.470. The number of ether oxygens (including phenoxy) is 1. The van der Waals surface area contributed by atoms with Crippen molar-refractivity contribution in [1.29, 1.82) is 0 Å². The first-order chi connectivity index (χ1) is 13.1. The molecular weight excluding hydrogens is 380 g/mol. The van der Waals surface area contributed by atoms with Crippen LogP contribution in [0.2, 0.25) is 5.02 Å². The summed E-state index contributed by atoms with van der Waals surface area (Å²) in [6.45, 7) is 0. The van der Waals surface area contributed by atoms with E-state index in [0.29, 0.717) is 22.0 Å². The standard InChI is InChI=1S/C21H15ClN2O2S/c1-26-15-9-6-13(7-10-15)20(25)23-17-11-8-14(12-16(17)22)21-24-18-4-2-3-5-19(18)27-21/h2-12H,1H3,(H,23,25). The number of nitrogens with zero attached hydrogens (tertiary/aromatic N) is 1. The summed E-state index contributed by atoms with van der Waals surface area (Å²) < 4.78 is 6.23. The summed E-state index contributed by atoms with van der Waals surface area (Å²) in [7, 11) is 1.59. The van der Waals surface area contributed by atoms with Gasteiger partial charge in [0.15, 0.2) is 0 Å². The molecule has 3 aromatic carbocycles. The van der Waals surface area contributed by atoms with Crippen LogP contribution < -0.4 is 10.1 Å². The Labute approximate surface area is 165 Å². The van der Waals surface area contributed by atoms with Gasteiger partial charge < -0.3 is 10.1 Å². The second-order valence-corrected chi connectivity index (χ2v) is 7.30. The Morgan fingerprint density at radius 1 is 1.07 bits per heavy atom. The molecule has 1 N–H and O–H groups in total. The normalized spacial score (nSPS) is 10.7. The number of methoxy groups -OCH3 is 1. The number of anilines is 1. The van der Waals surface area contributed by atoms with E-state index in [9.17, 15) is 4.79 Å². The third-order valence-corrected chi connectivity index (χ3v) is 5.51. The molecule has 4 aromatic rings. The molecule has 6 heteroatoms. The molecule has 1 heterocycles. The molecule has 1 aromatic heterocycles. The number of hydrogen-bond acceptors (Lipinski definition) is 4. The maximum Gasteiger partial charge on any atom is 0.255 e. The highest BCUT2D eigenvalue weighted by Gasteiger charge is 2.12. The fourth-order valence-corrected chi connectivity index (χ4v) is 3.87. The van der Waals surface area contributed by atoms with E-state index in [1.54, 1.807) is 48.8 Å². The zero-order valence-corrected chi connectivity index (χ0v) is 16.0. The minimum Gasteiger partial charge on any atom is -0.497 e. The topological polar surface area (TPSA) is 51.2 Å². The minimum absolute atomic E-state index is 0.229. The highest BCUT2D eigenvalue weighted by Crippen LogP contribution is 2.33. The average Bonchev–Trinajstić information content (AvgIpc) is 3.14. The maximum atomic E-state index is 12.4. The number of aromatic nitrogens is 1. The first-order valence-electron chi connectivity index (χ1n) is 8.25. The van der Waals surface area contributed by atoms with Crippen molar-refractivity contribution in [3.63, 3.8) is 0 Å². The predicted molar refractivity (Wildman–Crippen MR) is 111 cm³/mol. The molecule has 0 saturated carbocycles. The molecule has 0 atom stereocenters. The molecule has 0 saturated heterocycles. The minimum atomic E-state index is -0.229. The van der Waals surface area contributed by atoms with E-state index in [1.807, 2.05) is 36.4 Å². The first-order valence-corrected chi connectivity index (χ1v) is 9.44. The van der Waals surface area contributed by atoms with E-state index in [4.69, 9.17) is 16.3 Å². The molecule has 0 unspecified atom stereocenters. The lowest BCUT2D eigenvalue weighted by molar-refractivity contribution is 0.102. The largest absolute Gasteiger partial charge is 0.497 e. The molecule has 0 aliphatic heterocycles. The van der Waals surface area contributed by atoms with Gasteiger partial charge in [0, 0.05) is 11.1 Å². The van der Waals surface area contributed by atoms with E-state index in [-0.39, 0.29) is 5.91 Å². The van der Waals surface area contributed by atoms with Crippen LogP contribution in [0.15, 0.2) is 66.7 Å². The van der Waals surface area contributed by atoms with Crippen LogP contribution in [0.1, 0.15) is 10.4 Å². The summed E-state index contributed by atoms with van der Waals surface area (Å²) in [4.78, 5) is 17.1. The molecule has 134 valence electrons. The Kier molecular flexibility index (Phi) is 4.79. The van der Waals surface area contributed by atoms with E-state index >= 15 is 0 Å². The van der Waals surface area contributed by atoms with Crippen LogP contribution >= 0.6 is 22.9 Å². The zero-order valence-electron chi connectivity index (χ0n) is 14.4. The number of carbonyl (C=O) groups is 1. The Morgan fingerprint density at radius 2 is 1.85 bits per heavy atom. The van der Waals surface area contributed by atoms with Crippen LogP contribution in [0.3, 0.4) is 0 Å². The van der Waals surface area contributed by atoms with E-state index in [2.05, 4.69) is 10.3 Å². The van der Waals surface area contributed by atoms with Crippen LogP contribution in [-0.2, 0) is 0 Å². The summed E-state index contributed by atoms with van der Waals surface area (Å²) in [5.41, 5.74) is 2.97. The molecular formula is C21H15ClN2O2S. The number of carbonyl (C=O) groups excluding carboxylic acids is 1. The van der Waals surface area contributed by atoms with Crippen molar-refractivity contribution in [1.82, 2.24) is 4.98 Å². The van der Waals surface area contributed by atoms with Crippen molar-refractivity contribution in [2.24, 2.45) is 0 Å². The summed E-state index contributed by atoms with van der Waals surface area (Å²) in [6.07, 6.45) is 0. The summed E-state index contributed by atoms with van der Waals surface area (Å²) in [5.74, 6) is 0.470. The third-order valence-electron chi connectivity index (χ3n) is 4.11. The van der Waals surface area contributed by atoms with Gasteiger partial charge in [-0.05, 0) is 54.6 Å². The third kappa shape index (κ3) is 3.65. The Balaban J connectivity index is 1.56. The Hall–Kier alpha value is -2.89. The molecule has 27 heavy (non-hydrogen) atoms. The Morgan fingerprint density at radius 3 is 2.56 bits per heavy atom. The van der Waals surface area contributed by atoms with Gasteiger partial charge >= 0.3 is 0 Å². The number of nitrogens with one attached hydrogen (secondary N) is 1. The zero-order chi connectivity index (χ0) is 18.8. The number of thiazole rings is 1. The number of hydrogen-bond donors (Lipinski definition) is 1. The van der Waals surface area contributed by atoms with Crippen LogP contribution in [0.5, 0.6) is 5.75 Å². The molecule has 0 aliphatic rings. The summed E-state index contributed by atoms with van der Waals surface area (Å²) in [5, 5.41) is 4.20. The summed E-state index contributed by atoms with van der Waals surface area (Å²) in [6, 6.07) is 20.4. The van der Waals surface area contributed by atoms with Crippen molar-refractivity contribution in [3.05, 3.63) is 77.3 Å². The van der Waals surface area contributed by atoms with Gasteiger partial charge in [-0.2, -0.15) is 0 Å². The van der Waals surface area contributed by atoms with Gasteiger partial charge in [0.2, 0.25) is 0 Å². The molecule has 0 bridgehead atoms. The van der Waals surface area contributed by atoms with Gasteiger partial charge in [-0.1, -0.05) is 23.7 Å². The number of benzene rings is 3. The van der Waals surface area contributed by atoms with Gasteiger partial charge in [-0.15, -0.1) is 11.3 Å². The maximum absolute atomic E-state index is 12.4. The van der Waals surface area contributed by atoms with Crippen LogP contribution in [0.25, 0.3) is 20.8 Å². The highest BCUT2D eigenvalue weighted by atomic mass is 35.5. The fourth-order valence-electron chi connectivity index (χ4n) is 2.68. The van der Waals surface area contributed by atoms with Gasteiger partial charge in [0.25, 0.3) is 5.91 Å². The summed E-state index contributed by atoms with van der Waals surface area (Å²) >= 11 is 8.01. The highest BCUT2D eigenvalue weighted by molar-refractivity contribution is 7.21. The number of rotatable bonds is 4. The molecule has 1 amide bonds. The van der Waals surface area contributed by atoms with E-state index in [1.165, 1.54) is 0 Å². The van der Waals surface area contributed by atoms with Gasteiger partial charge in [-0.3, -0.25) is 4.79 Å².